The van der Waals surface area contributed by atoms with Crippen LogP contribution in [0.15, 0.2) is 66.7 Å². The largest absolute Gasteiger partial charge is 0.466 e. The number of halogens is 2. The van der Waals surface area contributed by atoms with E-state index in [0.717, 1.165) is 42.5 Å². The van der Waals surface area contributed by atoms with Crippen LogP contribution in [-0.2, 0) is 20.9 Å². The minimum Gasteiger partial charge on any atom is -0.466 e. The first-order valence-corrected chi connectivity index (χ1v) is 13.7. The fourth-order valence-corrected chi connectivity index (χ4v) is 6.10. The predicted molar refractivity (Wildman–Crippen MR) is 154 cm³/mol. The van der Waals surface area contributed by atoms with Gasteiger partial charge < -0.3 is 14.5 Å². The summed E-state index contributed by atoms with van der Waals surface area (Å²) in [7, 11) is 5.19. The van der Waals surface area contributed by atoms with Gasteiger partial charge in [0.25, 0.3) is 0 Å². The molecule has 3 aromatic carbocycles. The Morgan fingerprint density at radius 1 is 0.925 bits per heavy atom. The van der Waals surface area contributed by atoms with Gasteiger partial charge in [-0.25, -0.2) is 13.6 Å². The van der Waals surface area contributed by atoms with E-state index in [2.05, 4.69) is 4.74 Å². The standard InChI is InChI=1S/C33H34F2N2O3/c1-36(2)28-11-9-23(10-12-28)24-7-8-26(31(35)18-24)20-37(33(39)30-17-21-4-6-25(30)14-21)29-16-22(15-27(34)19-29)5-13-32(38)40-3/h5,7-13,15-16,18-19,21,25,30H,4,6,14,17,20H2,1-3H3/b13-5+. The topological polar surface area (TPSA) is 49.9 Å². The molecule has 0 radical (unpaired) electrons. The maximum Gasteiger partial charge on any atom is 0.330 e. The van der Waals surface area contributed by atoms with E-state index in [9.17, 15) is 14.0 Å². The predicted octanol–water partition coefficient (Wildman–Crippen LogP) is 6.85. The molecule has 40 heavy (non-hydrogen) atoms. The molecule has 2 aliphatic rings. The van der Waals surface area contributed by atoms with Crippen LogP contribution in [0.2, 0.25) is 0 Å². The second-order valence-corrected chi connectivity index (χ2v) is 11.1. The van der Waals surface area contributed by atoms with Gasteiger partial charge in [0.2, 0.25) is 5.91 Å². The molecule has 3 unspecified atom stereocenters. The van der Waals surface area contributed by atoms with Gasteiger partial charge in [-0.3, -0.25) is 4.79 Å². The lowest BCUT2D eigenvalue weighted by Crippen LogP contribution is -2.38. The molecule has 2 saturated carbocycles. The Morgan fingerprint density at radius 3 is 2.30 bits per heavy atom. The number of hydrogen-bond donors (Lipinski definition) is 0. The van der Waals surface area contributed by atoms with Crippen molar-refractivity contribution in [3.8, 4) is 11.1 Å². The molecule has 0 aromatic heterocycles. The van der Waals surface area contributed by atoms with E-state index in [1.54, 1.807) is 12.1 Å². The van der Waals surface area contributed by atoms with Crippen LogP contribution >= 0.6 is 0 Å². The molecule has 208 valence electrons. The minimum absolute atomic E-state index is 0.0258. The molecule has 0 spiro atoms. The quantitative estimate of drug-likeness (QED) is 0.230. The normalized spacial score (nSPS) is 19.7. The van der Waals surface area contributed by atoms with Crippen molar-refractivity contribution in [3.63, 3.8) is 0 Å². The van der Waals surface area contributed by atoms with Crippen molar-refractivity contribution in [2.45, 2.75) is 32.2 Å². The molecular formula is C33H34F2N2O3. The van der Waals surface area contributed by atoms with Crippen molar-refractivity contribution in [1.29, 1.82) is 0 Å². The van der Waals surface area contributed by atoms with Gasteiger partial charge in [0, 0.05) is 43.0 Å². The van der Waals surface area contributed by atoms with Gasteiger partial charge in [-0.1, -0.05) is 30.7 Å². The third-order valence-corrected chi connectivity index (χ3v) is 8.25. The van der Waals surface area contributed by atoms with E-state index in [1.807, 2.05) is 49.3 Å². The van der Waals surface area contributed by atoms with Crippen LogP contribution in [0.25, 0.3) is 17.2 Å². The van der Waals surface area contributed by atoms with E-state index in [0.29, 0.717) is 28.7 Å². The summed E-state index contributed by atoms with van der Waals surface area (Å²) in [5.41, 5.74) is 3.76. The van der Waals surface area contributed by atoms with Crippen molar-refractivity contribution in [1.82, 2.24) is 0 Å². The molecule has 0 aliphatic heterocycles. The summed E-state index contributed by atoms with van der Waals surface area (Å²) in [6.45, 7) is -0.0258. The molecule has 0 N–H and O–H groups in total. The molecular weight excluding hydrogens is 510 g/mol. The second-order valence-electron chi connectivity index (χ2n) is 11.1. The fourth-order valence-electron chi connectivity index (χ4n) is 6.10. The summed E-state index contributed by atoms with van der Waals surface area (Å²) in [6, 6.07) is 17.1. The number of benzene rings is 3. The maximum atomic E-state index is 15.5. The van der Waals surface area contributed by atoms with E-state index in [1.165, 1.54) is 42.4 Å². The Kier molecular flexibility index (Phi) is 8.01. The smallest absolute Gasteiger partial charge is 0.330 e. The average molecular weight is 545 g/mol. The number of carbonyl (C=O) groups excluding carboxylic acids is 2. The summed E-state index contributed by atoms with van der Waals surface area (Å²) >= 11 is 0. The highest BCUT2D eigenvalue weighted by Gasteiger charge is 2.44. The van der Waals surface area contributed by atoms with Gasteiger partial charge in [-0.2, -0.15) is 0 Å². The zero-order valence-electron chi connectivity index (χ0n) is 23.1. The summed E-state index contributed by atoms with van der Waals surface area (Å²) in [6.07, 6.45) is 6.65. The van der Waals surface area contributed by atoms with Crippen LogP contribution < -0.4 is 9.80 Å². The lowest BCUT2D eigenvalue weighted by molar-refractivity contribution is -0.134. The highest BCUT2D eigenvalue weighted by Crippen LogP contribution is 2.49. The van der Waals surface area contributed by atoms with Crippen molar-refractivity contribution in [2.75, 3.05) is 31.0 Å². The first-order valence-electron chi connectivity index (χ1n) is 13.7. The molecule has 2 aliphatic carbocycles. The highest BCUT2D eigenvalue weighted by atomic mass is 19.1. The second kappa shape index (κ2) is 11.6. The van der Waals surface area contributed by atoms with Crippen LogP contribution in [0.5, 0.6) is 0 Å². The van der Waals surface area contributed by atoms with Gasteiger partial charge >= 0.3 is 5.97 Å². The van der Waals surface area contributed by atoms with Crippen molar-refractivity contribution < 1.29 is 23.1 Å². The van der Waals surface area contributed by atoms with Gasteiger partial charge in [0.1, 0.15) is 11.6 Å². The van der Waals surface area contributed by atoms with Crippen LogP contribution in [0, 0.1) is 29.4 Å². The number of ether oxygens (including phenoxy) is 1. The van der Waals surface area contributed by atoms with Gasteiger partial charge in [0.15, 0.2) is 0 Å². The van der Waals surface area contributed by atoms with Crippen molar-refractivity contribution >= 4 is 29.3 Å². The monoisotopic (exact) mass is 544 g/mol. The van der Waals surface area contributed by atoms with Crippen molar-refractivity contribution in [2.24, 2.45) is 17.8 Å². The Hall–Kier alpha value is -4.00. The summed E-state index contributed by atoms with van der Waals surface area (Å²) in [5, 5.41) is 0. The number of nitrogens with zero attached hydrogens (tertiary/aromatic N) is 2. The van der Waals surface area contributed by atoms with Crippen LogP contribution in [0.3, 0.4) is 0 Å². The Bertz CT molecular complexity index is 1430. The first-order chi connectivity index (χ1) is 19.2. The molecule has 0 saturated heterocycles. The Labute approximate surface area is 234 Å². The molecule has 3 atom stereocenters. The number of fused-ring (bicyclic) bond motifs is 2. The number of amides is 1. The van der Waals surface area contributed by atoms with Gasteiger partial charge in [-0.05, 0) is 90.3 Å². The van der Waals surface area contributed by atoms with Gasteiger partial charge in [-0.15, -0.1) is 0 Å². The molecule has 7 heteroatoms. The minimum atomic E-state index is -0.570. The molecule has 0 heterocycles. The third kappa shape index (κ3) is 5.93. The maximum absolute atomic E-state index is 15.5. The SMILES string of the molecule is COC(=O)/C=C/c1cc(F)cc(N(Cc2ccc(-c3ccc(N(C)C)cc3)cc2F)C(=O)C2CC3CCC2C3)c1. The zero-order valence-corrected chi connectivity index (χ0v) is 23.1. The average Bonchev–Trinajstić information content (AvgIpc) is 3.59. The zero-order chi connectivity index (χ0) is 28.4. The molecule has 1 amide bonds. The summed E-state index contributed by atoms with van der Waals surface area (Å²) in [4.78, 5) is 29.0. The molecule has 2 fully saturated rings. The van der Waals surface area contributed by atoms with Crippen molar-refractivity contribution in [3.05, 3.63) is 89.5 Å². The number of hydrogen-bond acceptors (Lipinski definition) is 4. The first kappa shape index (κ1) is 27.6. The number of methoxy groups -OCH3 is 1. The van der Waals surface area contributed by atoms with Crippen LogP contribution in [0.4, 0.5) is 20.2 Å². The number of anilines is 2. The fraction of sp³-hybridized carbons (Fsp3) is 0.333. The molecule has 5 nitrogen and oxygen atoms in total. The molecule has 3 aromatic rings. The van der Waals surface area contributed by atoms with Crippen LogP contribution in [-0.4, -0.2) is 33.1 Å². The van der Waals surface area contributed by atoms with E-state index in [-0.39, 0.29) is 18.4 Å². The Morgan fingerprint density at radius 2 is 1.68 bits per heavy atom. The molecule has 2 bridgehead atoms. The lowest BCUT2D eigenvalue weighted by atomic mass is 9.87. The number of rotatable bonds is 8. The summed E-state index contributed by atoms with van der Waals surface area (Å²) < 4.78 is 34.9. The molecule has 5 rings (SSSR count). The number of carbonyl (C=O) groups is 2. The lowest BCUT2D eigenvalue weighted by Gasteiger charge is -2.30. The van der Waals surface area contributed by atoms with E-state index < -0.39 is 17.6 Å². The van der Waals surface area contributed by atoms with Gasteiger partial charge in [0.05, 0.1) is 13.7 Å². The summed E-state index contributed by atoms with van der Waals surface area (Å²) in [5.74, 6) is -0.963. The third-order valence-electron chi connectivity index (χ3n) is 8.25. The number of esters is 1. The van der Waals surface area contributed by atoms with Crippen LogP contribution in [0.1, 0.15) is 36.8 Å². The Balaban J connectivity index is 1.46. The van der Waals surface area contributed by atoms with E-state index >= 15 is 4.39 Å². The van der Waals surface area contributed by atoms with E-state index in [4.69, 9.17) is 0 Å². The highest BCUT2D eigenvalue weighted by molar-refractivity contribution is 5.96.